The molecule has 116 valence electrons. The number of hydrogen-bond acceptors (Lipinski definition) is 2. The SMILES string of the molecule is CCc1ccc(NC(N)=NCC(C)(O)c2ccccc2)cc1. The summed E-state index contributed by atoms with van der Waals surface area (Å²) in [5.41, 5.74) is 7.82. The van der Waals surface area contributed by atoms with Gasteiger partial charge in [-0.15, -0.1) is 0 Å². The van der Waals surface area contributed by atoms with Gasteiger partial charge >= 0.3 is 0 Å². The Hall–Kier alpha value is -2.33. The second-order valence-electron chi connectivity index (χ2n) is 5.52. The quantitative estimate of drug-likeness (QED) is 0.587. The molecule has 0 aliphatic heterocycles. The molecule has 1 unspecified atom stereocenters. The summed E-state index contributed by atoms with van der Waals surface area (Å²) in [4.78, 5) is 4.24. The minimum atomic E-state index is -1.04. The van der Waals surface area contributed by atoms with Gasteiger partial charge in [-0.25, -0.2) is 4.99 Å². The average molecular weight is 297 g/mol. The molecule has 0 aromatic heterocycles. The van der Waals surface area contributed by atoms with E-state index in [-0.39, 0.29) is 6.54 Å². The van der Waals surface area contributed by atoms with Crippen LogP contribution in [0.1, 0.15) is 25.0 Å². The fraction of sp³-hybridized carbons (Fsp3) is 0.278. The second-order valence-corrected chi connectivity index (χ2v) is 5.52. The van der Waals surface area contributed by atoms with Crippen LogP contribution in [-0.2, 0) is 12.0 Å². The summed E-state index contributed by atoms with van der Waals surface area (Å²) in [7, 11) is 0. The first-order valence-electron chi connectivity index (χ1n) is 7.45. The number of nitrogens with one attached hydrogen (secondary N) is 1. The maximum absolute atomic E-state index is 10.5. The van der Waals surface area contributed by atoms with Crippen LogP contribution in [0.15, 0.2) is 59.6 Å². The highest BCUT2D eigenvalue weighted by atomic mass is 16.3. The van der Waals surface area contributed by atoms with Crippen molar-refractivity contribution in [2.24, 2.45) is 10.7 Å². The van der Waals surface area contributed by atoms with E-state index < -0.39 is 5.60 Å². The van der Waals surface area contributed by atoms with Crippen LogP contribution < -0.4 is 11.1 Å². The van der Waals surface area contributed by atoms with E-state index >= 15 is 0 Å². The van der Waals surface area contributed by atoms with Gasteiger partial charge in [0.1, 0.15) is 5.60 Å². The molecule has 4 N–H and O–H groups in total. The predicted octanol–water partition coefficient (Wildman–Crippen LogP) is 2.88. The summed E-state index contributed by atoms with van der Waals surface area (Å²) in [5.74, 6) is 0.292. The molecule has 0 fully saturated rings. The Morgan fingerprint density at radius 1 is 1.14 bits per heavy atom. The summed E-state index contributed by atoms with van der Waals surface area (Å²) in [6, 6.07) is 17.5. The highest BCUT2D eigenvalue weighted by Crippen LogP contribution is 2.20. The van der Waals surface area contributed by atoms with Crippen molar-refractivity contribution in [2.75, 3.05) is 11.9 Å². The van der Waals surface area contributed by atoms with Crippen LogP contribution in [0.25, 0.3) is 0 Å². The third-order valence-electron chi connectivity index (χ3n) is 3.59. The lowest BCUT2D eigenvalue weighted by molar-refractivity contribution is 0.0674. The van der Waals surface area contributed by atoms with E-state index in [0.717, 1.165) is 17.7 Å². The summed E-state index contributed by atoms with van der Waals surface area (Å²) in [6.07, 6.45) is 1.00. The highest BCUT2D eigenvalue weighted by molar-refractivity contribution is 5.92. The molecule has 2 aromatic rings. The maximum atomic E-state index is 10.5. The number of guanidine groups is 1. The van der Waals surface area contributed by atoms with Gasteiger partial charge in [0.25, 0.3) is 0 Å². The van der Waals surface area contributed by atoms with E-state index in [9.17, 15) is 5.11 Å². The van der Waals surface area contributed by atoms with E-state index in [1.165, 1.54) is 5.56 Å². The molecule has 4 heteroatoms. The Morgan fingerprint density at radius 3 is 2.36 bits per heavy atom. The van der Waals surface area contributed by atoms with Crippen LogP contribution in [0, 0.1) is 0 Å². The normalized spacial score (nSPS) is 14.4. The summed E-state index contributed by atoms with van der Waals surface area (Å²) < 4.78 is 0. The molecule has 0 saturated heterocycles. The number of rotatable bonds is 5. The Kier molecular flexibility index (Phi) is 5.17. The smallest absolute Gasteiger partial charge is 0.193 e. The largest absolute Gasteiger partial charge is 0.384 e. The van der Waals surface area contributed by atoms with E-state index in [1.54, 1.807) is 6.92 Å². The third kappa shape index (κ3) is 4.33. The Bertz CT molecular complexity index is 619. The summed E-state index contributed by atoms with van der Waals surface area (Å²) >= 11 is 0. The fourth-order valence-electron chi connectivity index (χ4n) is 2.14. The molecule has 4 nitrogen and oxygen atoms in total. The van der Waals surface area contributed by atoms with Crippen molar-refractivity contribution in [3.63, 3.8) is 0 Å². The third-order valence-corrected chi connectivity index (χ3v) is 3.59. The topological polar surface area (TPSA) is 70.6 Å². The Balaban J connectivity index is 1.99. The Morgan fingerprint density at radius 2 is 1.77 bits per heavy atom. The zero-order valence-corrected chi connectivity index (χ0v) is 13.1. The maximum Gasteiger partial charge on any atom is 0.193 e. The van der Waals surface area contributed by atoms with Crippen molar-refractivity contribution in [1.29, 1.82) is 0 Å². The molecule has 2 aromatic carbocycles. The Labute approximate surface area is 131 Å². The molecule has 0 amide bonds. The van der Waals surface area contributed by atoms with E-state index in [0.29, 0.717) is 5.96 Å². The first-order valence-corrected chi connectivity index (χ1v) is 7.45. The van der Waals surface area contributed by atoms with Crippen LogP contribution in [-0.4, -0.2) is 17.6 Å². The van der Waals surface area contributed by atoms with Crippen molar-refractivity contribution in [3.05, 3.63) is 65.7 Å². The number of aliphatic hydroxyl groups is 1. The van der Waals surface area contributed by atoms with Crippen molar-refractivity contribution in [1.82, 2.24) is 0 Å². The van der Waals surface area contributed by atoms with Gasteiger partial charge < -0.3 is 16.2 Å². The predicted molar refractivity (Wildman–Crippen MR) is 91.9 cm³/mol. The molecule has 0 heterocycles. The first-order chi connectivity index (χ1) is 10.5. The molecule has 22 heavy (non-hydrogen) atoms. The monoisotopic (exact) mass is 297 g/mol. The molecular formula is C18H23N3O. The lowest BCUT2D eigenvalue weighted by Crippen LogP contribution is -2.29. The summed E-state index contributed by atoms with van der Waals surface area (Å²) in [5, 5.41) is 13.5. The van der Waals surface area contributed by atoms with Crippen molar-refractivity contribution < 1.29 is 5.11 Å². The van der Waals surface area contributed by atoms with Crippen molar-refractivity contribution >= 4 is 11.6 Å². The molecule has 0 spiro atoms. The first kappa shape index (κ1) is 16.0. The van der Waals surface area contributed by atoms with Gasteiger partial charge in [0.2, 0.25) is 0 Å². The minimum Gasteiger partial charge on any atom is -0.384 e. The molecule has 0 radical (unpaired) electrons. The standard InChI is InChI=1S/C18H23N3O/c1-3-14-9-11-16(12-10-14)21-17(19)20-13-18(2,22)15-7-5-4-6-8-15/h4-12,22H,3,13H2,1-2H3,(H3,19,20,21). The number of nitrogens with two attached hydrogens (primary N) is 1. The number of nitrogens with zero attached hydrogens (tertiary/aromatic N) is 1. The number of hydrogen-bond donors (Lipinski definition) is 3. The molecule has 0 saturated carbocycles. The molecule has 1 atom stereocenters. The van der Waals surface area contributed by atoms with Gasteiger partial charge in [-0.3, -0.25) is 0 Å². The highest BCUT2D eigenvalue weighted by Gasteiger charge is 2.22. The number of benzene rings is 2. The van der Waals surface area contributed by atoms with Gasteiger partial charge in [-0.2, -0.15) is 0 Å². The van der Waals surface area contributed by atoms with Gasteiger partial charge in [0.15, 0.2) is 5.96 Å². The van der Waals surface area contributed by atoms with E-state index in [4.69, 9.17) is 5.73 Å². The molecule has 0 bridgehead atoms. The van der Waals surface area contributed by atoms with Crippen LogP contribution >= 0.6 is 0 Å². The van der Waals surface area contributed by atoms with Crippen LogP contribution in [0.5, 0.6) is 0 Å². The number of anilines is 1. The fourth-order valence-corrected chi connectivity index (χ4v) is 2.14. The van der Waals surface area contributed by atoms with E-state index in [2.05, 4.69) is 29.4 Å². The lowest BCUT2D eigenvalue weighted by Gasteiger charge is -2.21. The molecule has 0 aliphatic carbocycles. The van der Waals surface area contributed by atoms with Crippen molar-refractivity contribution in [2.45, 2.75) is 25.9 Å². The van der Waals surface area contributed by atoms with Gasteiger partial charge in [0.05, 0.1) is 6.54 Å². The minimum absolute atomic E-state index is 0.197. The van der Waals surface area contributed by atoms with E-state index in [1.807, 2.05) is 42.5 Å². The van der Waals surface area contributed by atoms with Gasteiger partial charge in [-0.05, 0) is 36.6 Å². The lowest BCUT2D eigenvalue weighted by atomic mass is 9.96. The number of aryl methyl sites for hydroxylation is 1. The summed E-state index contributed by atoms with van der Waals surface area (Å²) in [6.45, 7) is 4.04. The number of aliphatic imine (C=N–C) groups is 1. The van der Waals surface area contributed by atoms with Crippen LogP contribution in [0.2, 0.25) is 0 Å². The van der Waals surface area contributed by atoms with Crippen LogP contribution in [0.4, 0.5) is 5.69 Å². The molecule has 2 rings (SSSR count). The van der Waals surface area contributed by atoms with Crippen molar-refractivity contribution in [3.8, 4) is 0 Å². The zero-order chi connectivity index (χ0) is 16.0. The average Bonchev–Trinajstić information content (AvgIpc) is 2.55. The van der Waals surface area contributed by atoms with Gasteiger partial charge in [-0.1, -0.05) is 49.4 Å². The second kappa shape index (κ2) is 7.09. The van der Waals surface area contributed by atoms with Crippen LogP contribution in [0.3, 0.4) is 0 Å². The van der Waals surface area contributed by atoms with Gasteiger partial charge in [0, 0.05) is 5.69 Å². The molecule has 0 aliphatic rings. The zero-order valence-electron chi connectivity index (χ0n) is 13.1. The molecular weight excluding hydrogens is 274 g/mol.